The molecule has 4 nitrogen and oxygen atoms in total. The summed E-state index contributed by atoms with van der Waals surface area (Å²) < 4.78 is 15.0. The molecule has 2 N–H and O–H groups in total. The van der Waals surface area contributed by atoms with Crippen LogP contribution in [-0.4, -0.2) is 16.7 Å². The molecule has 1 aromatic heterocycles. The third-order valence-corrected chi connectivity index (χ3v) is 4.78. The highest BCUT2D eigenvalue weighted by Gasteiger charge is 2.27. The van der Waals surface area contributed by atoms with E-state index in [-0.39, 0.29) is 11.7 Å². The fourth-order valence-corrected chi connectivity index (χ4v) is 3.52. The number of fused-ring (bicyclic) bond motifs is 1. The fraction of sp³-hybridized carbons (Fsp3) is 0.136. The Labute approximate surface area is 157 Å². The van der Waals surface area contributed by atoms with E-state index in [0.29, 0.717) is 18.5 Å². The highest BCUT2D eigenvalue weighted by atomic mass is 19.1. The maximum absolute atomic E-state index is 15.0. The van der Waals surface area contributed by atoms with Gasteiger partial charge in [0.05, 0.1) is 5.69 Å². The first-order valence-electron chi connectivity index (χ1n) is 8.80. The lowest BCUT2D eigenvalue weighted by molar-refractivity contribution is 0.626. The van der Waals surface area contributed by atoms with Gasteiger partial charge in [0.25, 0.3) is 0 Å². The molecular formula is C22H19FN4. The van der Waals surface area contributed by atoms with Crippen LogP contribution in [-0.2, 0) is 6.42 Å². The second kappa shape index (κ2) is 6.76. The smallest absolute Gasteiger partial charge is 0.148 e. The molecule has 0 saturated carbocycles. The minimum absolute atomic E-state index is 0.153. The van der Waals surface area contributed by atoms with Crippen LogP contribution in [0.15, 0.2) is 60.9 Å². The second-order valence-electron chi connectivity index (χ2n) is 6.66. The zero-order valence-electron chi connectivity index (χ0n) is 15.0. The van der Waals surface area contributed by atoms with E-state index >= 15 is 0 Å². The van der Waals surface area contributed by atoms with Gasteiger partial charge in [0.2, 0.25) is 0 Å². The Bertz CT molecular complexity index is 1040. The van der Waals surface area contributed by atoms with Crippen molar-refractivity contribution in [1.82, 2.24) is 4.98 Å². The van der Waals surface area contributed by atoms with Crippen LogP contribution in [0.2, 0.25) is 0 Å². The van der Waals surface area contributed by atoms with Crippen molar-refractivity contribution in [2.24, 2.45) is 0 Å². The zero-order valence-corrected chi connectivity index (χ0v) is 15.0. The number of amidine groups is 2. The average Bonchev–Trinajstić information content (AvgIpc) is 2.68. The summed E-state index contributed by atoms with van der Waals surface area (Å²) in [5, 5.41) is 15.9. The number of hydrogen-bond acceptors (Lipinski definition) is 3. The number of hydrogen-bond donors (Lipinski definition) is 2. The molecule has 2 aromatic carbocycles. The molecule has 27 heavy (non-hydrogen) atoms. The Morgan fingerprint density at radius 1 is 0.963 bits per heavy atom. The van der Waals surface area contributed by atoms with Crippen molar-refractivity contribution in [1.29, 1.82) is 10.8 Å². The monoisotopic (exact) mass is 358 g/mol. The topological polar surface area (TPSA) is 63.8 Å². The Balaban J connectivity index is 1.80. The molecule has 5 heteroatoms. The maximum atomic E-state index is 15.0. The number of halogens is 1. The number of benzene rings is 2. The first kappa shape index (κ1) is 17.1. The van der Waals surface area contributed by atoms with Crippen LogP contribution < -0.4 is 4.90 Å². The quantitative estimate of drug-likeness (QED) is 0.483. The summed E-state index contributed by atoms with van der Waals surface area (Å²) in [5.41, 5.74) is 4.78. The summed E-state index contributed by atoms with van der Waals surface area (Å²) in [5.74, 6) is -0.00148. The number of aryl methyl sites for hydroxylation is 1. The number of anilines is 1. The van der Waals surface area contributed by atoms with Crippen molar-refractivity contribution in [3.05, 3.63) is 72.3 Å². The molecule has 0 bridgehead atoms. The van der Waals surface area contributed by atoms with Crippen molar-refractivity contribution in [2.45, 2.75) is 19.8 Å². The SMILES string of the molecule is CC(=N)N1C(=N)CCc2cc(-c3cncc(-c4ccccc4)c3)cc(F)c21. The Hall–Kier alpha value is -3.34. The lowest BCUT2D eigenvalue weighted by atomic mass is 9.94. The normalized spacial score (nSPS) is 13.4. The molecule has 0 aliphatic carbocycles. The summed E-state index contributed by atoms with van der Waals surface area (Å²) in [7, 11) is 0. The second-order valence-corrected chi connectivity index (χ2v) is 6.66. The molecule has 0 saturated heterocycles. The van der Waals surface area contributed by atoms with Crippen molar-refractivity contribution in [2.75, 3.05) is 4.90 Å². The molecule has 1 aliphatic heterocycles. The van der Waals surface area contributed by atoms with Gasteiger partial charge in [0, 0.05) is 29.9 Å². The van der Waals surface area contributed by atoms with Crippen molar-refractivity contribution in [3.63, 3.8) is 0 Å². The van der Waals surface area contributed by atoms with Crippen LogP contribution in [0.4, 0.5) is 10.1 Å². The van der Waals surface area contributed by atoms with E-state index in [9.17, 15) is 4.39 Å². The molecule has 0 radical (unpaired) electrons. The van der Waals surface area contributed by atoms with E-state index in [4.69, 9.17) is 10.8 Å². The van der Waals surface area contributed by atoms with Gasteiger partial charge in [-0.1, -0.05) is 30.3 Å². The maximum Gasteiger partial charge on any atom is 0.148 e. The Morgan fingerprint density at radius 2 is 1.67 bits per heavy atom. The molecule has 0 unspecified atom stereocenters. The number of pyridine rings is 1. The lowest BCUT2D eigenvalue weighted by Crippen LogP contribution is -2.38. The van der Waals surface area contributed by atoms with E-state index in [0.717, 1.165) is 27.8 Å². The summed E-state index contributed by atoms with van der Waals surface area (Å²) in [4.78, 5) is 5.72. The van der Waals surface area contributed by atoms with Gasteiger partial charge in [-0.15, -0.1) is 0 Å². The van der Waals surface area contributed by atoms with Gasteiger partial charge in [-0.25, -0.2) is 4.39 Å². The summed E-state index contributed by atoms with van der Waals surface area (Å²) in [6.07, 6.45) is 4.62. The molecule has 3 aromatic rings. The van der Waals surface area contributed by atoms with Crippen molar-refractivity contribution >= 4 is 17.4 Å². The van der Waals surface area contributed by atoms with Crippen LogP contribution in [0.1, 0.15) is 18.9 Å². The Kier molecular flexibility index (Phi) is 4.28. The Morgan fingerprint density at radius 3 is 2.37 bits per heavy atom. The molecule has 0 fully saturated rings. The third-order valence-electron chi connectivity index (χ3n) is 4.78. The predicted octanol–water partition coefficient (Wildman–Crippen LogP) is 5.28. The number of nitrogens with one attached hydrogen (secondary N) is 2. The van der Waals surface area contributed by atoms with Crippen LogP contribution in [0.5, 0.6) is 0 Å². The van der Waals surface area contributed by atoms with E-state index in [1.165, 1.54) is 11.0 Å². The zero-order chi connectivity index (χ0) is 19.0. The van der Waals surface area contributed by atoms with Crippen LogP contribution in [0.25, 0.3) is 22.3 Å². The van der Waals surface area contributed by atoms with Gasteiger partial charge in [-0.3, -0.25) is 20.7 Å². The summed E-state index contributed by atoms with van der Waals surface area (Å²) in [6, 6.07) is 15.4. The highest BCUT2D eigenvalue weighted by Crippen LogP contribution is 2.35. The first-order chi connectivity index (χ1) is 13.0. The summed E-state index contributed by atoms with van der Waals surface area (Å²) >= 11 is 0. The van der Waals surface area contributed by atoms with Crippen molar-refractivity contribution in [3.8, 4) is 22.3 Å². The molecule has 1 aliphatic rings. The van der Waals surface area contributed by atoms with Crippen LogP contribution in [0, 0.1) is 16.6 Å². The lowest BCUT2D eigenvalue weighted by Gasteiger charge is -2.31. The third kappa shape index (κ3) is 3.12. The predicted molar refractivity (Wildman–Crippen MR) is 107 cm³/mol. The van der Waals surface area contributed by atoms with Crippen molar-refractivity contribution < 1.29 is 4.39 Å². The minimum atomic E-state index is -0.413. The average molecular weight is 358 g/mol. The highest BCUT2D eigenvalue weighted by molar-refractivity contribution is 6.17. The van der Waals surface area contributed by atoms with E-state index in [2.05, 4.69) is 4.98 Å². The molecule has 4 rings (SSSR count). The molecule has 2 heterocycles. The van der Waals surface area contributed by atoms with Crippen LogP contribution >= 0.6 is 0 Å². The fourth-order valence-electron chi connectivity index (χ4n) is 3.52. The van der Waals surface area contributed by atoms with E-state index in [1.807, 2.05) is 42.5 Å². The number of aromatic nitrogens is 1. The van der Waals surface area contributed by atoms with Gasteiger partial charge in [-0.2, -0.15) is 0 Å². The largest absolute Gasteiger partial charge is 0.288 e. The van der Waals surface area contributed by atoms with E-state index < -0.39 is 5.82 Å². The number of rotatable bonds is 2. The van der Waals surface area contributed by atoms with Gasteiger partial charge in [0.1, 0.15) is 17.5 Å². The van der Waals surface area contributed by atoms with Gasteiger partial charge in [-0.05, 0) is 48.2 Å². The first-order valence-corrected chi connectivity index (χ1v) is 8.80. The molecule has 0 spiro atoms. The van der Waals surface area contributed by atoms with Gasteiger partial charge >= 0.3 is 0 Å². The van der Waals surface area contributed by atoms with Crippen LogP contribution in [0.3, 0.4) is 0 Å². The van der Waals surface area contributed by atoms with Gasteiger partial charge in [0.15, 0.2) is 0 Å². The van der Waals surface area contributed by atoms with Gasteiger partial charge < -0.3 is 0 Å². The molecular weight excluding hydrogens is 339 g/mol. The van der Waals surface area contributed by atoms with E-state index in [1.54, 1.807) is 19.3 Å². The number of nitrogens with zero attached hydrogens (tertiary/aromatic N) is 2. The molecule has 0 atom stereocenters. The summed E-state index contributed by atoms with van der Waals surface area (Å²) in [6.45, 7) is 1.57. The standard InChI is InChI=1S/C22H19FN4/c1-14(24)27-21(25)8-7-16-9-17(11-20(23)22(16)27)19-10-18(12-26-13-19)15-5-3-2-4-6-15/h2-6,9-13,24-25H,7-8H2,1H3. The molecule has 0 amide bonds. The minimum Gasteiger partial charge on any atom is -0.288 e. The molecule has 134 valence electrons.